The SMILES string of the molecule is C=CC(=O)O/C=C\Oc1ccc(-c2ccc(-c3ccc(O/C=C\OC(=O)C(=C)C)cc3)cc2)c(C)c1. The lowest BCUT2D eigenvalue weighted by Gasteiger charge is -2.10. The summed E-state index contributed by atoms with van der Waals surface area (Å²) in [6, 6.07) is 21.6. The van der Waals surface area contributed by atoms with Crippen LogP contribution in [0.15, 0.2) is 117 Å². The van der Waals surface area contributed by atoms with Gasteiger partial charge in [0.1, 0.15) is 36.5 Å². The summed E-state index contributed by atoms with van der Waals surface area (Å²) in [4.78, 5) is 22.3. The first-order valence-electron chi connectivity index (χ1n) is 11.0. The molecular formula is C30H26O6. The van der Waals surface area contributed by atoms with Crippen molar-refractivity contribution in [1.29, 1.82) is 0 Å². The Morgan fingerprint density at radius 2 is 1.25 bits per heavy atom. The number of ether oxygens (including phenoxy) is 4. The summed E-state index contributed by atoms with van der Waals surface area (Å²) in [5, 5.41) is 0. The monoisotopic (exact) mass is 482 g/mol. The van der Waals surface area contributed by atoms with Crippen LogP contribution in [0.5, 0.6) is 11.5 Å². The minimum atomic E-state index is -0.551. The van der Waals surface area contributed by atoms with E-state index in [1.54, 1.807) is 6.92 Å². The molecule has 0 aromatic heterocycles. The second-order valence-corrected chi connectivity index (χ2v) is 7.69. The molecule has 0 saturated carbocycles. The van der Waals surface area contributed by atoms with Crippen LogP contribution >= 0.6 is 0 Å². The zero-order chi connectivity index (χ0) is 25.9. The molecule has 0 radical (unpaired) electrons. The Hall–Kier alpha value is -4.84. The predicted molar refractivity (Wildman–Crippen MR) is 139 cm³/mol. The molecule has 3 rings (SSSR count). The van der Waals surface area contributed by atoms with E-state index in [1.807, 2.05) is 49.4 Å². The van der Waals surface area contributed by atoms with E-state index in [1.165, 1.54) is 25.0 Å². The molecule has 0 aliphatic carbocycles. The average Bonchev–Trinajstić information content (AvgIpc) is 2.89. The molecule has 3 aromatic carbocycles. The lowest BCUT2D eigenvalue weighted by molar-refractivity contribution is -0.134. The molecule has 0 fully saturated rings. The Labute approximate surface area is 210 Å². The molecule has 0 unspecified atom stereocenters. The highest BCUT2D eigenvalue weighted by atomic mass is 16.5. The number of benzene rings is 3. The third-order valence-corrected chi connectivity index (χ3v) is 4.98. The Balaban J connectivity index is 1.61. The summed E-state index contributed by atoms with van der Waals surface area (Å²) in [6.45, 7) is 10.4. The van der Waals surface area contributed by atoms with Gasteiger partial charge in [0.25, 0.3) is 0 Å². The van der Waals surface area contributed by atoms with Crippen molar-refractivity contribution in [3.63, 3.8) is 0 Å². The lowest BCUT2D eigenvalue weighted by Crippen LogP contribution is -1.99. The summed E-state index contributed by atoms with van der Waals surface area (Å²) >= 11 is 0. The molecule has 6 nitrogen and oxygen atoms in total. The molecule has 0 heterocycles. The molecule has 0 saturated heterocycles. The molecule has 0 aliphatic heterocycles. The zero-order valence-corrected chi connectivity index (χ0v) is 20.1. The lowest BCUT2D eigenvalue weighted by atomic mass is 9.97. The van der Waals surface area contributed by atoms with Crippen LogP contribution in [-0.4, -0.2) is 11.9 Å². The predicted octanol–water partition coefficient (Wildman–Crippen LogP) is 6.88. The average molecular weight is 483 g/mol. The van der Waals surface area contributed by atoms with Gasteiger partial charge in [-0.05, 0) is 65.9 Å². The fraction of sp³-hybridized carbons (Fsp3) is 0.0667. The molecule has 182 valence electrons. The maximum atomic E-state index is 11.3. The second kappa shape index (κ2) is 12.6. The van der Waals surface area contributed by atoms with E-state index < -0.39 is 11.9 Å². The van der Waals surface area contributed by atoms with Crippen LogP contribution in [0, 0.1) is 6.92 Å². The van der Waals surface area contributed by atoms with Crippen LogP contribution in [0.25, 0.3) is 22.3 Å². The van der Waals surface area contributed by atoms with Gasteiger partial charge in [-0.25, -0.2) is 9.59 Å². The number of esters is 2. The molecule has 0 spiro atoms. The first kappa shape index (κ1) is 25.8. The van der Waals surface area contributed by atoms with Crippen LogP contribution in [0.4, 0.5) is 0 Å². The first-order chi connectivity index (χ1) is 17.4. The van der Waals surface area contributed by atoms with Crippen LogP contribution in [0.3, 0.4) is 0 Å². The van der Waals surface area contributed by atoms with Crippen molar-refractivity contribution >= 4 is 11.9 Å². The third kappa shape index (κ3) is 7.33. The fourth-order valence-electron chi connectivity index (χ4n) is 3.15. The van der Waals surface area contributed by atoms with Crippen molar-refractivity contribution in [1.82, 2.24) is 0 Å². The van der Waals surface area contributed by atoms with E-state index in [0.717, 1.165) is 33.9 Å². The highest BCUT2D eigenvalue weighted by Gasteiger charge is 2.06. The van der Waals surface area contributed by atoms with Crippen molar-refractivity contribution in [2.45, 2.75) is 13.8 Å². The molecule has 0 aliphatic rings. The van der Waals surface area contributed by atoms with E-state index in [9.17, 15) is 9.59 Å². The number of carbonyl (C=O) groups excluding carboxylic acids is 2. The minimum absolute atomic E-state index is 0.314. The zero-order valence-electron chi connectivity index (χ0n) is 20.1. The quantitative estimate of drug-likeness (QED) is 0.178. The molecule has 36 heavy (non-hydrogen) atoms. The number of carbonyl (C=O) groups is 2. The van der Waals surface area contributed by atoms with Crippen LogP contribution in [-0.2, 0) is 19.1 Å². The second-order valence-electron chi connectivity index (χ2n) is 7.69. The fourth-order valence-corrected chi connectivity index (χ4v) is 3.15. The van der Waals surface area contributed by atoms with Gasteiger partial charge in [-0.3, -0.25) is 0 Å². The molecule has 6 heteroatoms. The number of rotatable bonds is 10. The normalized spacial score (nSPS) is 10.7. The molecular weight excluding hydrogens is 456 g/mol. The van der Waals surface area contributed by atoms with Crippen LogP contribution in [0.2, 0.25) is 0 Å². The van der Waals surface area contributed by atoms with Gasteiger partial charge >= 0.3 is 11.9 Å². The molecule has 0 atom stereocenters. The summed E-state index contributed by atoms with van der Waals surface area (Å²) in [6.07, 6.45) is 6.03. The molecule has 3 aromatic rings. The summed E-state index contributed by atoms with van der Waals surface area (Å²) < 4.78 is 20.5. The van der Waals surface area contributed by atoms with Gasteiger partial charge in [-0.2, -0.15) is 0 Å². The molecule has 0 bridgehead atoms. The number of aryl methyl sites for hydroxylation is 1. The van der Waals surface area contributed by atoms with Crippen molar-refractivity contribution in [2.75, 3.05) is 0 Å². The standard InChI is InChI=1S/C30H26O6/c1-5-29(31)35-18-16-34-27-14-15-28(22(4)20-27)25-8-6-23(7-9-25)24-10-12-26(13-11-24)33-17-19-36-30(32)21(2)3/h5-20H,1-2H2,3-4H3/b18-16-,19-17-. The Bertz CT molecular complexity index is 1300. The van der Waals surface area contributed by atoms with Crippen molar-refractivity contribution < 1.29 is 28.5 Å². The van der Waals surface area contributed by atoms with Crippen molar-refractivity contribution in [3.05, 3.63) is 122 Å². The van der Waals surface area contributed by atoms with E-state index >= 15 is 0 Å². The van der Waals surface area contributed by atoms with Crippen LogP contribution < -0.4 is 9.47 Å². The summed E-state index contributed by atoms with van der Waals surface area (Å²) in [5.74, 6) is 0.189. The Morgan fingerprint density at radius 1 is 0.722 bits per heavy atom. The van der Waals surface area contributed by atoms with Gasteiger partial charge in [0.05, 0.1) is 0 Å². The van der Waals surface area contributed by atoms with E-state index in [0.29, 0.717) is 17.1 Å². The summed E-state index contributed by atoms with van der Waals surface area (Å²) in [7, 11) is 0. The van der Waals surface area contributed by atoms with Gasteiger partial charge in [-0.1, -0.05) is 55.6 Å². The highest BCUT2D eigenvalue weighted by Crippen LogP contribution is 2.30. The maximum Gasteiger partial charge on any atom is 0.338 e. The van der Waals surface area contributed by atoms with Gasteiger partial charge in [0.15, 0.2) is 0 Å². The number of hydrogen-bond donors (Lipinski definition) is 0. The van der Waals surface area contributed by atoms with Crippen molar-refractivity contribution in [3.8, 4) is 33.8 Å². The third-order valence-electron chi connectivity index (χ3n) is 4.98. The molecule has 0 amide bonds. The van der Waals surface area contributed by atoms with Gasteiger partial charge in [-0.15, -0.1) is 0 Å². The van der Waals surface area contributed by atoms with E-state index in [-0.39, 0.29) is 0 Å². The topological polar surface area (TPSA) is 71.1 Å². The van der Waals surface area contributed by atoms with E-state index in [2.05, 4.69) is 37.4 Å². The highest BCUT2D eigenvalue weighted by molar-refractivity contribution is 5.87. The largest absolute Gasteiger partial charge is 0.462 e. The minimum Gasteiger partial charge on any atom is -0.462 e. The van der Waals surface area contributed by atoms with Crippen LogP contribution in [0.1, 0.15) is 12.5 Å². The number of hydrogen-bond acceptors (Lipinski definition) is 6. The van der Waals surface area contributed by atoms with Gasteiger partial charge in [0, 0.05) is 11.6 Å². The smallest absolute Gasteiger partial charge is 0.338 e. The van der Waals surface area contributed by atoms with Crippen molar-refractivity contribution in [2.24, 2.45) is 0 Å². The van der Waals surface area contributed by atoms with E-state index in [4.69, 9.17) is 18.9 Å². The first-order valence-corrected chi connectivity index (χ1v) is 11.0. The summed E-state index contributed by atoms with van der Waals surface area (Å²) in [5.41, 5.74) is 5.62. The Kier molecular flexibility index (Phi) is 9.00. The molecule has 0 N–H and O–H groups in total. The Morgan fingerprint density at radius 3 is 1.83 bits per heavy atom. The van der Waals surface area contributed by atoms with Gasteiger partial charge in [0.2, 0.25) is 0 Å². The maximum absolute atomic E-state index is 11.3. The van der Waals surface area contributed by atoms with Gasteiger partial charge < -0.3 is 18.9 Å².